The summed E-state index contributed by atoms with van der Waals surface area (Å²) in [5, 5.41) is 8.64. The van der Waals surface area contributed by atoms with Gasteiger partial charge < -0.3 is 9.84 Å². The smallest absolute Gasteiger partial charge is 0.169 e. The largest absolute Gasteiger partial charge is 0.367 e. The van der Waals surface area contributed by atoms with Gasteiger partial charge in [0.2, 0.25) is 0 Å². The molecule has 0 aromatic rings. The molecule has 1 atom stereocenters. The van der Waals surface area contributed by atoms with E-state index in [0.717, 1.165) is 0 Å². The van der Waals surface area contributed by atoms with Crippen molar-refractivity contribution >= 4 is 0 Å². The van der Waals surface area contributed by atoms with Gasteiger partial charge in [-0.25, -0.2) is 0 Å². The molecule has 1 aliphatic heterocycles. The first-order valence-corrected chi connectivity index (χ1v) is 2.27. The third kappa shape index (κ3) is 1.12. The summed E-state index contributed by atoms with van der Waals surface area (Å²) in [4.78, 5) is 1.91. The van der Waals surface area contributed by atoms with Crippen LogP contribution in [0.5, 0.6) is 0 Å². The maximum Gasteiger partial charge on any atom is 0.169 e. The topological polar surface area (TPSA) is 32.7 Å². The van der Waals surface area contributed by atoms with E-state index in [2.05, 4.69) is 0 Å². The van der Waals surface area contributed by atoms with Gasteiger partial charge in [-0.1, -0.05) is 0 Å². The monoisotopic (exact) mass is 103 g/mol. The fraction of sp³-hybridized carbons (Fsp3) is 1.00. The summed E-state index contributed by atoms with van der Waals surface area (Å²) in [6, 6.07) is 0. The summed E-state index contributed by atoms with van der Waals surface area (Å²) in [5.41, 5.74) is 0. The van der Waals surface area contributed by atoms with E-state index in [1.165, 1.54) is 0 Å². The van der Waals surface area contributed by atoms with Gasteiger partial charge in [0.15, 0.2) is 6.29 Å². The first-order chi connectivity index (χ1) is 3.29. The van der Waals surface area contributed by atoms with Crippen molar-refractivity contribution in [2.24, 2.45) is 0 Å². The second-order valence-corrected chi connectivity index (χ2v) is 1.79. The highest BCUT2D eigenvalue weighted by Gasteiger charge is 2.15. The van der Waals surface area contributed by atoms with Crippen LogP contribution < -0.4 is 0 Å². The highest BCUT2D eigenvalue weighted by molar-refractivity contribution is 4.54. The van der Waals surface area contributed by atoms with Gasteiger partial charge in [0, 0.05) is 0 Å². The lowest BCUT2D eigenvalue weighted by atomic mass is 10.6. The first kappa shape index (κ1) is 5.03. The van der Waals surface area contributed by atoms with E-state index < -0.39 is 6.29 Å². The Kier molecular flexibility index (Phi) is 1.27. The molecule has 0 aromatic heterocycles. The Morgan fingerprint density at radius 3 is 2.71 bits per heavy atom. The molecule has 7 heavy (non-hydrogen) atoms. The number of β-amino-alcohol motifs (C(OH)–C–C–N with tert-alkyl or cyclic N) is 1. The van der Waals surface area contributed by atoms with Gasteiger partial charge in [-0.15, -0.1) is 0 Å². The van der Waals surface area contributed by atoms with Crippen LogP contribution in [-0.2, 0) is 4.74 Å². The van der Waals surface area contributed by atoms with E-state index in [1.807, 2.05) is 11.9 Å². The number of likely N-dealkylation sites (N-methyl/N-ethyl adjacent to an activating group) is 1. The van der Waals surface area contributed by atoms with E-state index in [-0.39, 0.29) is 0 Å². The minimum absolute atomic E-state index is 0.551. The molecule has 0 aromatic carbocycles. The quantitative estimate of drug-likeness (QED) is 0.436. The van der Waals surface area contributed by atoms with E-state index in [9.17, 15) is 0 Å². The lowest BCUT2D eigenvalue weighted by Gasteiger charge is -1.98. The molecule has 1 heterocycles. The van der Waals surface area contributed by atoms with E-state index >= 15 is 0 Å². The molecule has 3 heteroatoms. The summed E-state index contributed by atoms with van der Waals surface area (Å²) >= 11 is 0. The number of ether oxygens (including phenoxy) is 1. The normalized spacial score (nSPS) is 34.3. The number of aliphatic hydroxyl groups is 1. The lowest BCUT2D eigenvalue weighted by molar-refractivity contribution is -0.0536. The molecule has 1 aliphatic rings. The molecule has 1 N–H and O–H groups in total. The van der Waals surface area contributed by atoms with Crippen molar-refractivity contribution in [2.75, 3.05) is 20.3 Å². The molecular formula is C4H9NO2. The molecule has 0 aliphatic carbocycles. The van der Waals surface area contributed by atoms with Crippen LogP contribution in [0.15, 0.2) is 0 Å². The predicted octanol–water partition coefficient (Wildman–Crippen LogP) is -0.776. The minimum atomic E-state index is -0.551. The van der Waals surface area contributed by atoms with Crippen molar-refractivity contribution in [2.45, 2.75) is 6.29 Å². The maximum atomic E-state index is 8.64. The van der Waals surface area contributed by atoms with Crippen molar-refractivity contribution in [3.05, 3.63) is 0 Å². The average Bonchev–Trinajstić information content (AvgIpc) is 1.87. The van der Waals surface area contributed by atoms with Gasteiger partial charge in [0.1, 0.15) is 6.73 Å². The van der Waals surface area contributed by atoms with Crippen LogP contribution in [0.1, 0.15) is 0 Å². The van der Waals surface area contributed by atoms with Gasteiger partial charge in [-0.3, -0.25) is 4.90 Å². The Labute approximate surface area is 42.5 Å². The molecule has 1 unspecified atom stereocenters. The molecule has 42 valence electrons. The lowest BCUT2D eigenvalue weighted by Crippen LogP contribution is -2.15. The van der Waals surface area contributed by atoms with Gasteiger partial charge in [0.05, 0.1) is 6.54 Å². The van der Waals surface area contributed by atoms with E-state index in [0.29, 0.717) is 13.3 Å². The highest BCUT2D eigenvalue weighted by Crippen LogP contribution is 1.99. The Balaban J connectivity index is 2.26. The maximum absolute atomic E-state index is 8.64. The van der Waals surface area contributed by atoms with Crippen molar-refractivity contribution in [1.82, 2.24) is 4.90 Å². The van der Waals surface area contributed by atoms with E-state index in [4.69, 9.17) is 9.84 Å². The zero-order chi connectivity index (χ0) is 5.28. The third-order valence-corrected chi connectivity index (χ3v) is 0.955. The van der Waals surface area contributed by atoms with Crippen LogP contribution in [0.2, 0.25) is 0 Å². The number of hydrogen-bond donors (Lipinski definition) is 1. The van der Waals surface area contributed by atoms with Crippen molar-refractivity contribution in [3.8, 4) is 0 Å². The van der Waals surface area contributed by atoms with Crippen LogP contribution >= 0.6 is 0 Å². The molecule has 0 spiro atoms. The third-order valence-electron chi connectivity index (χ3n) is 0.955. The first-order valence-electron chi connectivity index (χ1n) is 2.27. The van der Waals surface area contributed by atoms with Gasteiger partial charge in [-0.2, -0.15) is 0 Å². The van der Waals surface area contributed by atoms with Crippen molar-refractivity contribution < 1.29 is 9.84 Å². The Bertz CT molecular complexity index is 58.7. The van der Waals surface area contributed by atoms with Crippen LogP contribution in [0.3, 0.4) is 0 Å². The zero-order valence-corrected chi connectivity index (χ0v) is 4.29. The van der Waals surface area contributed by atoms with Crippen molar-refractivity contribution in [1.29, 1.82) is 0 Å². The molecule has 0 amide bonds. The van der Waals surface area contributed by atoms with Crippen molar-refractivity contribution in [3.63, 3.8) is 0 Å². The number of hydrogen-bond acceptors (Lipinski definition) is 3. The summed E-state index contributed by atoms with van der Waals surface area (Å²) in [6.07, 6.45) is -0.551. The zero-order valence-electron chi connectivity index (χ0n) is 4.29. The second kappa shape index (κ2) is 1.78. The van der Waals surface area contributed by atoms with Crippen LogP contribution in [0, 0.1) is 0 Å². The molecule has 0 bridgehead atoms. The molecule has 1 fully saturated rings. The molecular weight excluding hydrogens is 94.0 g/mol. The Morgan fingerprint density at radius 1 is 1.86 bits per heavy atom. The standard InChI is InChI=1S/C4H9NO2/c1-5-2-4(6)7-3-5/h4,6H,2-3H2,1H3. The summed E-state index contributed by atoms with van der Waals surface area (Å²) in [6.45, 7) is 1.20. The molecule has 1 saturated heterocycles. The molecule has 1 rings (SSSR count). The number of aliphatic hydroxyl groups excluding tert-OH is 1. The SMILES string of the molecule is CN1COC(O)C1. The van der Waals surface area contributed by atoms with Gasteiger partial charge in [-0.05, 0) is 7.05 Å². The Hall–Kier alpha value is -0.120. The fourth-order valence-corrected chi connectivity index (χ4v) is 0.585. The second-order valence-electron chi connectivity index (χ2n) is 1.79. The minimum Gasteiger partial charge on any atom is -0.367 e. The average molecular weight is 103 g/mol. The van der Waals surface area contributed by atoms with Crippen LogP contribution in [-0.4, -0.2) is 36.6 Å². The van der Waals surface area contributed by atoms with E-state index in [1.54, 1.807) is 0 Å². The highest BCUT2D eigenvalue weighted by atomic mass is 16.6. The Morgan fingerprint density at radius 2 is 2.57 bits per heavy atom. The van der Waals surface area contributed by atoms with Crippen LogP contribution in [0.25, 0.3) is 0 Å². The van der Waals surface area contributed by atoms with Gasteiger partial charge >= 0.3 is 0 Å². The molecule has 0 saturated carbocycles. The number of nitrogens with zero attached hydrogens (tertiary/aromatic N) is 1. The van der Waals surface area contributed by atoms with Crippen LogP contribution in [0.4, 0.5) is 0 Å². The van der Waals surface area contributed by atoms with Gasteiger partial charge in [0.25, 0.3) is 0 Å². The summed E-state index contributed by atoms with van der Waals surface area (Å²) < 4.78 is 4.75. The predicted molar refractivity (Wildman–Crippen MR) is 24.6 cm³/mol. The molecule has 3 nitrogen and oxygen atoms in total. The summed E-state index contributed by atoms with van der Waals surface area (Å²) in [5.74, 6) is 0. The summed E-state index contributed by atoms with van der Waals surface area (Å²) in [7, 11) is 1.90. The molecule has 0 radical (unpaired) electrons. The number of rotatable bonds is 0. The fourth-order valence-electron chi connectivity index (χ4n) is 0.585.